The van der Waals surface area contributed by atoms with E-state index in [1.54, 1.807) is 30.2 Å². The lowest BCUT2D eigenvalue weighted by Crippen LogP contribution is -2.32. The molecular formula is C23H17ClN2O2. The number of hydrogen-bond acceptors (Lipinski definition) is 3. The van der Waals surface area contributed by atoms with Gasteiger partial charge in [0, 0.05) is 10.6 Å². The summed E-state index contributed by atoms with van der Waals surface area (Å²) in [4.78, 5) is 19.5. The lowest BCUT2D eigenvalue weighted by atomic mass is 10.1. The molecule has 0 unspecified atom stereocenters. The van der Waals surface area contributed by atoms with Crippen molar-refractivity contribution in [2.24, 2.45) is 4.99 Å². The van der Waals surface area contributed by atoms with E-state index >= 15 is 0 Å². The topological polar surface area (TPSA) is 41.9 Å². The first-order chi connectivity index (χ1) is 13.7. The van der Waals surface area contributed by atoms with E-state index < -0.39 is 0 Å². The summed E-state index contributed by atoms with van der Waals surface area (Å²) in [5.74, 6) is 1.14. The zero-order valence-electron chi connectivity index (χ0n) is 15.2. The largest absolute Gasteiger partial charge is 0.497 e. The first kappa shape index (κ1) is 18.0. The van der Waals surface area contributed by atoms with Gasteiger partial charge in [0.15, 0.2) is 0 Å². The Labute approximate surface area is 168 Å². The normalized spacial score (nSPS) is 15.1. The van der Waals surface area contributed by atoms with Crippen molar-refractivity contribution in [3.05, 3.63) is 101 Å². The molecule has 0 bridgehead atoms. The molecule has 1 aliphatic heterocycles. The van der Waals surface area contributed by atoms with Crippen LogP contribution in [0.25, 0.3) is 6.08 Å². The van der Waals surface area contributed by atoms with E-state index in [0.717, 1.165) is 22.6 Å². The molecule has 0 aliphatic carbocycles. The Hall–Kier alpha value is -3.37. The monoisotopic (exact) mass is 388 g/mol. The Morgan fingerprint density at radius 2 is 1.61 bits per heavy atom. The highest BCUT2D eigenvalue weighted by molar-refractivity contribution is 6.33. The molecule has 0 saturated carbocycles. The van der Waals surface area contributed by atoms with Crippen LogP contribution in [0.15, 0.2) is 89.6 Å². The van der Waals surface area contributed by atoms with Crippen LogP contribution in [-0.4, -0.2) is 18.9 Å². The van der Waals surface area contributed by atoms with E-state index in [4.69, 9.17) is 16.3 Å². The number of nitrogens with zero attached hydrogens (tertiary/aromatic N) is 2. The quantitative estimate of drug-likeness (QED) is 0.577. The fourth-order valence-electron chi connectivity index (χ4n) is 2.99. The number of rotatable bonds is 4. The molecule has 0 N–H and O–H groups in total. The summed E-state index contributed by atoms with van der Waals surface area (Å²) < 4.78 is 5.22. The van der Waals surface area contributed by atoms with Crippen molar-refractivity contribution < 1.29 is 9.53 Å². The second-order valence-electron chi connectivity index (χ2n) is 6.22. The summed E-state index contributed by atoms with van der Waals surface area (Å²) in [6, 6.07) is 24.3. The van der Waals surface area contributed by atoms with Gasteiger partial charge in [-0.3, -0.25) is 9.69 Å². The van der Waals surface area contributed by atoms with Crippen molar-refractivity contribution in [1.29, 1.82) is 0 Å². The van der Waals surface area contributed by atoms with E-state index in [9.17, 15) is 4.79 Å². The van der Waals surface area contributed by atoms with Gasteiger partial charge in [0.05, 0.1) is 12.8 Å². The summed E-state index contributed by atoms with van der Waals surface area (Å²) in [5, 5.41) is 0.647. The molecule has 3 aromatic carbocycles. The van der Waals surface area contributed by atoms with Crippen LogP contribution in [0, 0.1) is 0 Å². The summed E-state index contributed by atoms with van der Waals surface area (Å²) in [6.07, 6.45) is 1.77. The minimum atomic E-state index is -0.182. The molecule has 0 aromatic heterocycles. The van der Waals surface area contributed by atoms with Crippen LogP contribution in [-0.2, 0) is 4.79 Å². The fourth-order valence-corrected chi connectivity index (χ4v) is 3.11. The first-order valence-electron chi connectivity index (χ1n) is 8.75. The smallest absolute Gasteiger partial charge is 0.282 e. The predicted molar refractivity (Wildman–Crippen MR) is 113 cm³/mol. The predicted octanol–water partition coefficient (Wildman–Crippen LogP) is 5.18. The van der Waals surface area contributed by atoms with Crippen LogP contribution in [0.2, 0.25) is 5.02 Å². The van der Waals surface area contributed by atoms with Gasteiger partial charge in [-0.2, -0.15) is 0 Å². The highest BCUT2D eigenvalue weighted by Gasteiger charge is 2.32. The molecule has 138 valence electrons. The van der Waals surface area contributed by atoms with Gasteiger partial charge in [-0.15, -0.1) is 0 Å². The van der Waals surface area contributed by atoms with Gasteiger partial charge in [0.1, 0.15) is 17.3 Å². The lowest BCUT2D eigenvalue weighted by molar-refractivity contribution is -0.113. The number of amides is 1. The van der Waals surface area contributed by atoms with Crippen molar-refractivity contribution in [3.8, 4) is 5.75 Å². The van der Waals surface area contributed by atoms with E-state index in [0.29, 0.717) is 16.6 Å². The Balaban J connectivity index is 1.79. The van der Waals surface area contributed by atoms with Crippen molar-refractivity contribution in [2.75, 3.05) is 12.0 Å². The molecule has 4 nitrogen and oxygen atoms in total. The molecule has 0 spiro atoms. The van der Waals surface area contributed by atoms with Crippen LogP contribution in [0.5, 0.6) is 5.75 Å². The minimum Gasteiger partial charge on any atom is -0.497 e. The van der Waals surface area contributed by atoms with Gasteiger partial charge in [-0.25, -0.2) is 4.99 Å². The maximum atomic E-state index is 13.2. The van der Waals surface area contributed by atoms with Crippen LogP contribution >= 0.6 is 11.6 Å². The highest BCUT2D eigenvalue weighted by Crippen LogP contribution is 2.29. The van der Waals surface area contributed by atoms with Crippen molar-refractivity contribution in [2.45, 2.75) is 0 Å². The summed E-state index contributed by atoms with van der Waals surface area (Å²) in [5.41, 5.74) is 2.83. The Kier molecular flexibility index (Phi) is 4.96. The van der Waals surface area contributed by atoms with Crippen LogP contribution in [0.3, 0.4) is 0 Å². The average molecular weight is 389 g/mol. The number of benzene rings is 3. The summed E-state index contributed by atoms with van der Waals surface area (Å²) >= 11 is 5.95. The molecule has 28 heavy (non-hydrogen) atoms. The molecule has 3 aromatic rings. The number of carbonyl (C=O) groups excluding carboxylic acids is 1. The highest BCUT2D eigenvalue weighted by atomic mass is 35.5. The Morgan fingerprint density at radius 1 is 0.929 bits per heavy atom. The van der Waals surface area contributed by atoms with Gasteiger partial charge < -0.3 is 4.74 Å². The van der Waals surface area contributed by atoms with Gasteiger partial charge in [0.2, 0.25) is 0 Å². The molecule has 0 fully saturated rings. The van der Waals surface area contributed by atoms with E-state index in [-0.39, 0.29) is 5.91 Å². The van der Waals surface area contributed by atoms with Crippen molar-refractivity contribution in [1.82, 2.24) is 0 Å². The molecule has 1 heterocycles. The molecule has 5 heteroatoms. The third-order valence-electron chi connectivity index (χ3n) is 4.40. The average Bonchev–Trinajstić information content (AvgIpc) is 3.06. The summed E-state index contributed by atoms with van der Waals surface area (Å²) in [7, 11) is 1.61. The number of halogens is 1. The van der Waals surface area contributed by atoms with Crippen LogP contribution in [0.1, 0.15) is 11.1 Å². The molecule has 0 atom stereocenters. The molecular weight excluding hydrogens is 372 g/mol. The third kappa shape index (κ3) is 3.55. The SMILES string of the molecule is COc1ccc(N2C(=O)C(=Cc3ccc(Cl)cc3)N=C2c2ccccc2)cc1. The fraction of sp³-hybridized carbons (Fsp3) is 0.0435. The second-order valence-corrected chi connectivity index (χ2v) is 6.66. The standard InChI is InChI=1S/C23H17ClN2O2/c1-28-20-13-11-19(12-14-20)26-22(17-5-3-2-4-6-17)25-21(23(26)27)15-16-7-9-18(24)10-8-16/h2-15H,1H3. The number of hydrogen-bond donors (Lipinski definition) is 0. The Bertz CT molecular complexity index is 1060. The van der Waals surface area contributed by atoms with Crippen molar-refractivity contribution >= 4 is 35.1 Å². The molecule has 4 rings (SSSR count). The van der Waals surface area contributed by atoms with E-state index in [2.05, 4.69) is 4.99 Å². The molecule has 1 aliphatic rings. The lowest BCUT2D eigenvalue weighted by Gasteiger charge is -2.18. The number of amidine groups is 1. The zero-order valence-corrected chi connectivity index (χ0v) is 15.9. The number of ether oxygens (including phenoxy) is 1. The number of aliphatic imine (C=N–C) groups is 1. The maximum absolute atomic E-state index is 13.2. The second kappa shape index (κ2) is 7.71. The number of methoxy groups -OCH3 is 1. The van der Waals surface area contributed by atoms with Crippen LogP contribution < -0.4 is 9.64 Å². The minimum absolute atomic E-state index is 0.182. The molecule has 0 saturated heterocycles. The third-order valence-corrected chi connectivity index (χ3v) is 4.65. The molecule has 0 radical (unpaired) electrons. The van der Waals surface area contributed by atoms with Gasteiger partial charge in [0.25, 0.3) is 5.91 Å². The van der Waals surface area contributed by atoms with Gasteiger partial charge >= 0.3 is 0 Å². The zero-order chi connectivity index (χ0) is 19.5. The number of anilines is 1. The van der Waals surface area contributed by atoms with Crippen molar-refractivity contribution in [3.63, 3.8) is 0 Å². The first-order valence-corrected chi connectivity index (χ1v) is 9.13. The number of carbonyl (C=O) groups is 1. The van der Waals surface area contributed by atoms with Gasteiger partial charge in [-0.05, 0) is 48.0 Å². The maximum Gasteiger partial charge on any atom is 0.282 e. The van der Waals surface area contributed by atoms with E-state index in [1.165, 1.54) is 0 Å². The van der Waals surface area contributed by atoms with E-state index in [1.807, 2.05) is 66.7 Å². The summed E-state index contributed by atoms with van der Waals surface area (Å²) in [6.45, 7) is 0. The molecule has 1 amide bonds. The Morgan fingerprint density at radius 3 is 2.25 bits per heavy atom. The van der Waals surface area contributed by atoms with Gasteiger partial charge in [-0.1, -0.05) is 54.1 Å². The van der Waals surface area contributed by atoms with Crippen LogP contribution in [0.4, 0.5) is 5.69 Å².